The number of hydrogen-bond acceptors (Lipinski definition) is 7. The molecule has 0 aliphatic rings. The number of methoxy groups -OCH3 is 6. The van der Waals surface area contributed by atoms with Crippen LogP contribution in [0.2, 0.25) is 0 Å². The molecule has 2 atom stereocenters. The molecule has 0 aliphatic heterocycles. The van der Waals surface area contributed by atoms with Crippen molar-refractivity contribution in [3.8, 4) is 34.5 Å². The standard InChI is InChI=1S/C36H28F10O6S/c1-47-15-11-19(49-3)25(20(12-15)50-4)23(9-7-17-27(37)31(41)35(45)32(42)28(17)38)53-24(26-21(51-5)13-16(48-2)14-22(26)52-6)10-8-18-29(39)33(43)36(46)34(44)30(18)40/h7-14,23-24H,1-6H3/b9-7-,10-8-. The van der Waals surface area contributed by atoms with Crippen LogP contribution >= 0.6 is 11.8 Å². The van der Waals surface area contributed by atoms with Crippen molar-refractivity contribution >= 4 is 23.9 Å². The highest BCUT2D eigenvalue weighted by Gasteiger charge is 2.31. The lowest BCUT2D eigenvalue weighted by Crippen LogP contribution is -2.07. The smallest absolute Gasteiger partial charge is 0.200 e. The minimum absolute atomic E-state index is 0.0110. The predicted octanol–water partition coefficient (Wildman–Crippen LogP) is 10.1. The van der Waals surface area contributed by atoms with E-state index in [-0.39, 0.29) is 45.6 Å². The van der Waals surface area contributed by atoms with Gasteiger partial charge < -0.3 is 28.4 Å². The maximum absolute atomic E-state index is 14.9. The van der Waals surface area contributed by atoms with Gasteiger partial charge >= 0.3 is 0 Å². The van der Waals surface area contributed by atoms with Crippen LogP contribution in [0.15, 0.2) is 36.4 Å². The number of ether oxygens (including phenoxy) is 6. The van der Waals surface area contributed by atoms with E-state index in [0.29, 0.717) is 12.2 Å². The van der Waals surface area contributed by atoms with Crippen molar-refractivity contribution in [3.63, 3.8) is 0 Å². The average Bonchev–Trinajstić information content (AvgIpc) is 3.18. The second-order valence-electron chi connectivity index (χ2n) is 10.6. The lowest BCUT2D eigenvalue weighted by Gasteiger charge is -2.26. The molecule has 0 N–H and O–H groups in total. The number of hydrogen-bond donors (Lipinski definition) is 0. The Morgan fingerprint density at radius 2 is 0.642 bits per heavy atom. The maximum atomic E-state index is 14.9. The van der Waals surface area contributed by atoms with Gasteiger partial charge in [0.2, 0.25) is 11.6 Å². The van der Waals surface area contributed by atoms with E-state index in [2.05, 4.69) is 0 Å². The van der Waals surface area contributed by atoms with E-state index in [4.69, 9.17) is 28.4 Å². The first-order valence-electron chi connectivity index (χ1n) is 14.8. The second-order valence-corrected chi connectivity index (χ2v) is 11.8. The molecule has 0 spiro atoms. The van der Waals surface area contributed by atoms with Crippen LogP contribution < -0.4 is 28.4 Å². The zero-order valence-corrected chi connectivity index (χ0v) is 29.2. The van der Waals surface area contributed by atoms with E-state index < -0.39 is 79.8 Å². The largest absolute Gasteiger partial charge is 0.496 e. The summed E-state index contributed by atoms with van der Waals surface area (Å²) in [5.41, 5.74) is -2.51. The van der Waals surface area contributed by atoms with Crippen LogP contribution in [0.25, 0.3) is 12.2 Å². The third kappa shape index (κ3) is 7.94. The van der Waals surface area contributed by atoms with E-state index in [9.17, 15) is 43.9 Å². The Kier molecular flexibility index (Phi) is 13.1. The molecule has 4 aromatic carbocycles. The molecule has 0 aromatic heterocycles. The molecular weight excluding hydrogens is 750 g/mol. The van der Waals surface area contributed by atoms with Gasteiger partial charge in [-0.25, -0.2) is 43.9 Å². The maximum Gasteiger partial charge on any atom is 0.200 e. The molecule has 53 heavy (non-hydrogen) atoms. The van der Waals surface area contributed by atoms with Gasteiger partial charge in [-0.3, -0.25) is 0 Å². The fraction of sp³-hybridized carbons (Fsp3) is 0.222. The molecule has 0 saturated heterocycles. The van der Waals surface area contributed by atoms with Crippen LogP contribution in [0.3, 0.4) is 0 Å². The van der Waals surface area contributed by atoms with Crippen molar-refractivity contribution in [2.24, 2.45) is 0 Å². The Hall–Kier alpha value is -5.19. The molecule has 17 heteroatoms. The van der Waals surface area contributed by atoms with Crippen LogP contribution in [0, 0.1) is 58.2 Å². The molecule has 0 amide bonds. The average molecular weight is 779 g/mol. The van der Waals surface area contributed by atoms with Gasteiger partial charge in [-0.05, 0) is 0 Å². The first-order chi connectivity index (χ1) is 25.2. The monoisotopic (exact) mass is 778 g/mol. The van der Waals surface area contributed by atoms with Crippen LogP contribution in [0.5, 0.6) is 34.5 Å². The van der Waals surface area contributed by atoms with Crippen molar-refractivity contribution in [1.29, 1.82) is 0 Å². The first kappa shape index (κ1) is 40.6. The lowest BCUT2D eigenvalue weighted by molar-refractivity contribution is 0.369. The minimum Gasteiger partial charge on any atom is -0.496 e. The van der Waals surface area contributed by atoms with Crippen molar-refractivity contribution in [2.45, 2.75) is 10.5 Å². The van der Waals surface area contributed by atoms with Gasteiger partial charge in [0.25, 0.3) is 0 Å². The number of benzene rings is 4. The molecule has 0 fully saturated rings. The van der Waals surface area contributed by atoms with Crippen molar-refractivity contribution in [2.75, 3.05) is 42.7 Å². The summed E-state index contributed by atoms with van der Waals surface area (Å²) in [6.45, 7) is 0. The molecule has 0 radical (unpaired) electrons. The summed E-state index contributed by atoms with van der Waals surface area (Å²) in [4.78, 5) is 0. The highest BCUT2D eigenvalue weighted by atomic mass is 32.2. The molecular formula is C36H28F10O6S. The van der Waals surface area contributed by atoms with Gasteiger partial charge in [0.1, 0.15) is 34.5 Å². The van der Waals surface area contributed by atoms with Crippen LogP contribution in [-0.4, -0.2) is 42.7 Å². The van der Waals surface area contributed by atoms with Gasteiger partial charge in [-0.1, -0.05) is 24.3 Å². The van der Waals surface area contributed by atoms with Gasteiger partial charge in [0.05, 0.1) is 75.4 Å². The van der Waals surface area contributed by atoms with E-state index in [0.717, 1.165) is 23.9 Å². The summed E-state index contributed by atoms with van der Waals surface area (Å²) in [5, 5.41) is -2.66. The third-order valence-corrected chi connectivity index (χ3v) is 9.10. The summed E-state index contributed by atoms with van der Waals surface area (Å²) in [5.74, 6) is -21.8. The Labute approximate surface area is 300 Å². The molecule has 0 bridgehead atoms. The first-order valence-corrected chi connectivity index (χ1v) is 15.8. The Bertz CT molecular complexity index is 1820. The zero-order valence-electron chi connectivity index (χ0n) is 28.4. The fourth-order valence-electron chi connectivity index (χ4n) is 5.11. The summed E-state index contributed by atoms with van der Waals surface area (Å²) in [7, 11) is 7.61. The quantitative estimate of drug-likeness (QED) is 0.0718. The topological polar surface area (TPSA) is 55.4 Å². The van der Waals surface area contributed by atoms with E-state index in [1.807, 2.05) is 0 Å². The highest BCUT2D eigenvalue weighted by molar-refractivity contribution is 8.00. The van der Waals surface area contributed by atoms with Gasteiger partial charge in [-0.15, -0.1) is 11.8 Å². The van der Waals surface area contributed by atoms with Crippen LogP contribution in [-0.2, 0) is 0 Å². The van der Waals surface area contributed by atoms with Gasteiger partial charge in [0, 0.05) is 24.3 Å². The predicted molar refractivity (Wildman–Crippen MR) is 176 cm³/mol. The highest BCUT2D eigenvalue weighted by Crippen LogP contribution is 2.53. The minimum atomic E-state index is -2.39. The van der Waals surface area contributed by atoms with Gasteiger partial charge in [-0.2, -0.15) is 0 Å². The molecule has 6 nitrogen and oxygen atoms in total. The van der Waals surface area contributed by atoms with Crippen molar-refractivity contribution < 1.29 is 72.3 Å². The molecule has 0 heterocycles. The normalized spacial score (nSPS) is 12.7. The van der Waals surface area contributed by atoms with E-state index in [1.54, 1.807) is 0 Å². The number of halogens is 10. The molecule has 4 aromatic rings. The molecule has 0 aliphatic carbocycles. The zero-order chi connectivity index (χ0) is 39.3. The summed E-state index contributed by atoms with van der Waals surface area (Å²) < 4.78 is 177. The van der Waals surface area contributed by atoms with Gasteiger partial charge in [0.15, 0.2) is 46.5 Å². The number of rotatable bonds is 14. The second kappa shape index (κ2) is 17.1. The Balaban J connectivity index is 2.08. The molecule has 2 unspecified atom stereocenters. The van der Waals surface area contributed by atoms with Crippen molar-refractivity contribution in [3.05, 3.63) is 117 Å². The SMILES string of the molecule is COc1cc(OC)c(C(/C=C\c2c(F)c(F)c(F)c(F)c2F)SC(/C=C\c2c(F)c(F)c(F)c(F)c2F)c2c(OC)cc(OC)cc2OC)c(OC)c1. The number of thioether (sulfide) groups is 1. The van der Waals surface area contributed by atoms with Crippen LogP contribution in [0.1, 0.15) is 32.8 Å². The summed E-state index contributed by atoms with van der Waals surface area (Å²) in [6.07, 6.45) is 3.23. The van der Waals surface area contributed by atoms with Crippen LogP contribution in [0.4, 0.5) is 43.9 Å². The summed E-state index contributed by atoms with van der Waals surface area (Å²) >= 11 is 0.738. The lowest BCUT2D eigenvalue weighted by atomic mass is 10.1. The van der Waals surface area contributed by atoms with E-state index >= 15 is 0 Å². The molecule has 284 valence electrons. The third-order valence-electron chi connectivity index (χ3n) is 7.73. The molecule has 4 rings (SSSR count). The molecule has 0 saturated carbocycles. The Morgan fingerprint density at radius 3 is 0.868 bits per heavy atom. The van der Waals surface area contributed by atoms with E-state index in [1.165, 1.54) is 66.9 Å². The Morgan fingerprint density at radius 1 is 0.396 bits per heavy atom. The fourth-order valence-corrected chi connectivity index (χ4v) is 6.50. The van der Waals surface area contributed by atoms with Crippen molar-refractivity contribution in [1.82, 2.24) is 0 Å². The summed E-state index contributed by atoms with van der Waals surface area (Å²) in [6, 6.07) is 5.52.